The van der Waals surface area contributed by atoms with Crippen molar-refractivity contribution < 1.29 is 4.79 Å². The fraction of sp³-hybridized carbons (Fsp3) is 0.800. The molecule has 1 aliphatic carbocycles. The van der Waals surface area contributed by atoms with E-state index in [2.05, 4.69) is 29.1 Å². The minimum absolute atomic E-state index is 0.160. The summed E-state index contributed by atoms with van der Waals surface area (Å²) in [4.78, 5) is 14.8. The number of hydrogen-bond acceptors (Lipinski definition) is 4. The molecule has 1 aromatic rings. The number of carbonyl (C=O) groups is 1. The summed E-state index contributed by atoms with van der Waals surface area (Å²) >= 11 is 0. The van der Waals surface area contributed by atoms with Crippen LogP contribution in [0.3, 0.4) is 0 Å². The van der Waals surface area contributed by atoms with E-state index in [0.717, 1.165) is 13.0 Å². The number of nitrogens with zero attached hydrogens (tertiary/aromatic N) is 4. The van der Waals surface area contributed by atoms with Gasteiger partial charge < -0.3 is 4.90 Å². The molecule has 2 heterocycles. The highest BCUT2D eigenvalue weighted by molar-refractivity contribution is 5.94. The molecular formula is C15H24N4O. The Morgan fingerprint density at radius 1 is 1.40 bits per heavy atom. The molecule has 2 fully saturated rings. The quantitative estimate of drug-likeness (QED) is 0.774. The van der Waals surface area contributed by atoms with E-state index in [0.29, 0.717) is 30.1 Å². The summed E-state index contributed by atoms with van der Waals surface area (Å²) in [7, 11) is 0. The summed E-state index contributed by atoms with van der Waals surface area (Å²) in [5.74, 6) is 0.636. The Morgan fingerprint density at radius 2 is 2.20 bits per heavy atom. The summed E-state index contributed by atoms with van der Waals surface area (Å²) in [5, 5.41) is 8.12. The molecule has 2 aliphatic rings. The maximum Gasteiger partial charge on any atom is 0.185 e. The zero-order chi connectivity index (χ0) is 14.1. The van der Waals surface area contributed by atoms with Crippen LogP contribution in [0.25, 0.3) is 0 Å². The van der Waals surface area contributed by atoms with Gasteiger partial charge in [-0.15, -0.1) is 5.10 Å². The van der Waals surface area contributed by atoms with Crippen LogP contribution in [0.2, 0.25) is 0 Å². The Morgan fingerprint density at radius 3 is 2.90 bits per heavy atom. The molecule has 1 saturated carbocycles. The number of rotatable bonds is 5. The van der Waals surface area contributed by atoms with Crippen LogP contribution < -0.4 is 0 Å². The van der Waals surface area contributed by atoms with Gasteiger partial charge in [-0.2, -0.15) is 0 Å². The highest BCUT2D eigenvalue weighted by atomic mass is 16.1. The van der Waals surface area contributed by atoms with Gasteiger partial charge in [0.25, 0.3) is 0 Å². The van der Waals surface area contributed by atoms with Gasteiger partial charge in [-0.1, -0.05) is 5.21 Å². The number of aromatic nitrogens is 3. The van der Waals surface area contributed by atoms with Gasteiger partial charge in [0, 0.05) is 19.0 Å². The summed E-state index contributed by atoms with van der Waals surface area (Å²) in [6.07, 6.45) is 7.15. The molecule has 0 amide bonds. The minimum atomic E-state index is 0.160. The van der Waals surface area contributed by atoms with Crippen molar-refractivity contribution in [3.05, 3.63) is 11.9 Å². The molecule has 0 N–H and O–H groups in total. The van der Waals surface area contributed by atoms with Crippen molar-refractivity contribution in [2.75, 3.05) is 13.1 Å². The molecule has 5 heteroatoms. The lowest BCUT2D eigenvalue weighted by Gasteiger charge is -2.35. The molecule has 0 radical (unpaired) electrons. The molecule has 1 saturated heterocycles. The largest absolute Gasteiger partial charge is 0.301 e. The third-order valence-electron chi connectivity index (χ3n) is 4.47. The molecule has 5 nitrogen and oxygen atoms in total. The van der Waals surface area contributed by atoms with Gasteiger partial charge in [0.15, 0.2) is 5.78 Å². The van der Waals surface area contributed by atoms with Gasteiger partial charge in [-0.3, -0.25) is 4.79 Å². The summed E-state index contributed by atoms with van der Waals surface area (Å²) in [6, 6.07) is 1.07. The number of ketones is 1. The molecule has 110 valence electrons. The zero-order valence-corrected chi connectivity index (χ0v) is 12.5. The van der Waals surface area contributed by atoms with Crippen LogP contribution in [0.4, 0.5) is 0 Å². The molecule has 0 spiro atoms. The Bertz CT molecular complexity index is 478. The Kier molecular flexibility index (Phi) is 3.87. The number of piperidine rings is 1. The number of likely N-dealkylation sites (tertiary alicyclic amines) is 1. The van der Waals surface area contributed by atoms with Crippen molar-refractivity contribution in [1.82, 2.24) is 19.9 Å². The van der Waals surface area contributed by atoms with Gasteiger partial charge in [0.05, 0.1) is 12.2 Å². The van der Waals surface area contributed by atoms with Crippen LogP contribution >= 0.6 is 0 Å². The maximum atomic E-state index is 12.3. The van der Waals surface area contributed by atoms with E-state index in [9.17, 15) is 4.79 Å². The van der Waals surface area contributed by atoms with Crippen LogP contribution in [0.15, 0.2) is 6.20 Å². The van der Waals surface area contributed by atoms with Gasteiger partial charge in [0.1, 0.15) is 5.69 Å². The summed E-state index contributed by atoms with van der Waals surface area (Å²) in [6.45, 7) is 6.66. The minimum Gasteiger partial charge on any atom is -0.301 e. The van der Waals surface area contributed by atoms with Crippen molar-refractivity contribution in [3.63, 3.8) is 0 Å². The second-order valence-corrected chi connectivity index (χ2v) is 6.54. The first kappa shape index (κ1) is 13.7. The van der Waals surface area contributed by atoms with Crippen molar-refractivity contribution in [1.29, 1.82) is 0 Å². The topological polar surface area (TPSA) is 51.0 Å². The van der Waals surface area contributed by atoms with E-state index < -0.39 is 0 Å². The fourth-order valence-corrected chi connectivity index (χ4v) is 3.02. The molecular weight excluding hydrogens is 252 g/mol. The van der Waals surface area contributed by atoms with Crippen LogP contribution in [-0.2, 0) is 0 Å². The van der Waals surface area contributed by atoms with E-state index in [1.807, 2.05) is 10.9 Å². The van der Waals surface area contributed by atoms with Crippen molar-refractivity contribution >= 4 is 5.78 Å². The van der Waals surface area contributed by atoms with E-state index in [1.165, 1.54) is 25.8 Å². The van der Waals surface area contributed by atoms with E-state index in [1.54, 1.807) is 0 Å². The van der Waals surface area contributed by atoms with E-state index in [4.69, 9.17) is 0 Å². The molecule has 3 rings (SSSR count). The molecule has 1 atom stereocenters. The molecule has 1 unspecified atom stereocenters. The maximum absolute atomic E-state index is 12.3. The number of carbonyl (C=O) groups excluding carboxylic acids is 1. The van der Waals surface area contributed by atoms with Gasteiger partial charge >= 0.3 is 0 Å². The lowest BCUT2D eigenvalue weighted by Crippen LogP contribution is -2.40. The van der Waals surface area contributed by atoms with Crippen LogP contribution in [0.1, 0.15) is 62.5 Å². The monoisotopic (exact) mass is 276 g/mol. The lowest BCUT2D eigenvalue weighted by molar-refractivity contribution is 0.0885. The molecule has 1 aliphatic heterocycles. The summed E-state index contributed by atoms with van der Waals surface area (Å²) in [5.41, 5.74) is 0.554. The Labute approximate surface area is 120 Å². The average Bonchev–Trinajstić information content (AvgIpc) is 3.16. The second-order valence-electron chi connectivity index (χ2n) is 6.54. The highest BCUT2D eigenvalue weighted by Crippen LogP contribution is 2.33. The number of hydrogen-bond donors (Lipinski definition) is 0. The van der Waals surface area contributed by atoms with Gasteiger partial charge in [-0.05, 0) is 52.0 Å². The fourth-order valence-electron chi connectivity index (χ4n) is 3.02. The van der Waals surface area contributed by atoms with Crippen LogP contribution in [0, 0.1) is 5.92 Å². The summed E-state index contributed by atoms with van der Waals surface area (Å²) < 4.78 is 1.86. The molecule has 0 bridgehead atoms. The first-order chi connectivity index (χ1) is 9.63. The molecule has 1 aromatic heterocycles. The Hall–Kier alpha value is -1.23. The smallest absolute Gasteiger partial charge is 0.185 e. The third kappa shape index (κ3) is 3.08. The first-order valence-electron chi connectivity index (χ1n) is 7.82. The van der Waals surface area contributed by atoms with Crippen molar-refractivity contribution in [2.45, 2.75) is 58.0 Å². The van der Waals surface area contributed by atoms with Gasteiger partial charge in [0.2, 0.25) is 0 Å². The molecule has 20 heavy (non-hydrogen) atoms. The lowest BCUT2D eigenvalue weighted by atomic mass is 9.91. The predicted octanol–water partition coefficient (Wildman–Crippen LogP) is 2.31. The highest BCUT2D eigenvalue weighted by Gasteiger charge is 2.28. The van der Waals surface area contributed by atoms with Crippen LogP contribution in [-0.4, -0.2) is 44.8 Å². The normalized spacial score (nSPS) is 24.2. The van der Waals surface area contributed by atoms with Gasteiger partial charge in [-0.25, -0.2) is 4.68 Å². The first-order valence-corrected chi connectivity index (χ1v) is 7.82. The van der Waals surface area contributed by atoms with Crippen molar-refractivity contribution in [2.24, 2.45) is 5.92 Å². The van der Waals surface area contributed by atoms with E-state index >= 15 is 0 Å². The molecule has 0 aromatic carbocycles. The number of Topliss-reactive ketones (excluding diaryl/α,β-unsaturated/α-hetero) is 1. The standard InChI is InChI=1S/C15H24N4O/c1-11(2)18-7-3-4-12(9-18)8-15(20)14-10-19(17-16-14)13-5-6-13/h10-13H,3-9H2,1-2H3. The average molecular weight is 276 g/mol. The second kappa shape index (κ2) is 5.64. The van der Waals surface area contributed by atoms with Crippen LogP contribution in [0.5, 0.6) is 0 Å². The SMILES string of the molecule is CC(C)N1CCCC(CC(=O)c2cn(C3CC3)nn2)C1. The predicted molar refractivity (Wildman–Crippen MR) is 76.7 cm³/mol. The Balaban J connectivity index is 1.57. The third-order valence-corrected chi connectivity index (χ3v) is 4.47. The zero-order valence-electron chi connectivity index (χ0n) is 12.5. The van der Waals surface area contributed by atoms with Crippen molar-refractivity contribution in [3.8, 4) is 0 Å². The van der Waals surface area contributed by atoms with E-state index in [-0.39, 0.29) is 5.78 Å².